The Labute approximate surface area is 206 Å². The summed E-state index contributed by atoms with van der Waals surface area (Å²) < 4.78 is 5.40. The van der Waals surface area contributed by atoms with Gasteiger partial charge in [-0.05, 0) is 74.0 Å². The van der Waals surface area contributed by atoms with Crippen LogP contribution in [0.2, 0.25) is 5.02 Å². The van der Waals surface area contributed by atoms with E-state index >= 15 is 0 Å². The number of carbonyl (C=O) groups excluding carboxylic acids is 4. The summed E-state index contributed by atoms with van der Waals surface area (Å²) in [7, 11) is 0. The van der Waals surface area contributed by atoms with Crippen LogP contribution >= 0.6 is 11.6 Å². The topological polar surface area (TPSA) is 105 Å². The van der Waals surface area contributed by atoms with Crippen molar-refractivity contribution in [2.45, 2.75) is 13.8 Å². The first-order valence-electron chi connectivity index (χ1n) is 10.9. The number of ether oxygens (including phenoxy) is 1. The molecular weight excluding hydrogens is 470 g/mol. The predicted octanol–water partition coefficient (Wildman–Crippen LogP) is 4.22. The van der Waals surface area contributed by atoms with Gasteiger partial charge < -0.3 is 15.4 Å². The molecule has 178 valence electrons. The number of amides is 4. The van der Waals surface area contributed by atoms with E-state index in [0.29, 0.717) is 28.8 Å². The second-order valence-electron chi connectivity index (χ2n) is 7.85. The minimum atomic E-state index is -0.558. The van der Waals surface area contributed by atoms with Crippen LogP contribution in [0.5, 0.6) is 5.75 Å². The lowest BCUT2D eigenvalue weighted by molar-refractivity contribution is -0.115. The molecule has 8 nitrogen and oxygen atoms in total. The fraction of sp³-hybridized carbons (Fsp3) is 0.154. The molecule has 3 aromatic carbocycles. The van der Waals surface area contributed by atoms with Crippen LogP contribution in [0.1, 0.15) is 43.6 Å². The maximum atomic E-state index is 13.0. The van der Waals surface area contributed by atoms with Gasteiger partial charge in [0.25, 0.3) is 17.7 Å². The number of aryl methyl sites for hydroxylation is 1. The number of nitrogens with zero attached hydrogens (tertiary/aromatic N) is 1. The minimum Gasteiger partial charge on any atom is -0.494 e. The van der Waals surface area contributed by atoms with Crippen molar-refractivity contribution in [2.24, 2.45) is 0 Å². The van der Waals surface area contributed by atoms with Crippen molar-refractivity contribution in [2.75, 3.05) is 23.4 Å². The van der Waals surface area contributed by atoms with Crippen LogP contribution in [0, 0.1) is 6.92 Å². The van der Waals surface area contributed by atoms with Crippen molar-refractivity contribution in [3.05, 3.63) is 87.9 Å². The maximum Gasteiger partial charge on any atom is 0.266 e. The standard InChI is InChI=1S/C26H22ClN3O5/c1-3-35-18-8-6-17(7-9-18)30-25(33)19-10-5-16(13-20(19)26(30)34)24(32)28-14-23(31)29-22-11-4-15(2)12-21(22)27/h4-13H,3,14H2,1-2H3,(H,28,32)(H,29,31). The minimum absolute atomic E-state index is 0.118. The number of hydrogen-bond donors (Lipinski definition) is 2. The van der Waals surface area contributed by atoms with Crippen LogP contribution in [0.4, 0.5) is 11.4 Å². The molecule has 3 aromatic rings. The number of fused-ring (bicyclic) bond motifs is 1. The molecule has 2 N–H and O–H groups in total. The number of nitrogens with one attached hydrogen (secondary N) is 2. The highest BCUT2D eigenvalue weighted by atomic mass is 35.5. The summed E-state index contributed by atoms with van der Waals surface area (Å²) in [5.41, 5.74) is 2.26. The largest absolute Gasteiger partial charge is 0.494 e. The quantitative estimate of drug-likeness (QED) is 0.481. The van der Waals surface area contributed by atoms with Gasteiger partial charge in [-0.25, -0.2) is 4.90 Å². The molecule has 0 radical (unpaired) electrons. The van der Waals surface area contributed by atoms with Crippen LogP contribution in [-0.4, -0.2) is 36.8 Å². The summed E-state index contributed by atoms with van der Waals surface area (Å²) >= 11 is 6.12. The number of hydrogen-bond acceptors (Lipinski definition) is 5. The molecule has 0 saturated carbocycles. The first-order chi connectivity index (χ1) is 16.8. The van der Waals surface area contributed by atoms with E-state index in [4.69, 9.17) is 16.3 Å². The van der Waals surface area contributed by atoms with Gasteiger partial charge in [0, 0.05) is 5.56 Å². The highest BCUT2D eigenvalue weighted by Crippen LogP contribution is 2.30. The van der Waals surface area contributed by atoms with Crippen LogP contribution in [0.25, 0.3) is 0 Å². The van der Waals surface area contributed by atoms with Crippen LogP contribution < -0.4 is 20.3 Å². The third-order valence-corrected chi connectivity index (χ3v) is 5.68. The van der Waals surface area contributed by atoms with Gasteiger partial charge in [-0.3, -0.25) is 19.2 Å². The van der Waals surface area contributed by atoms with E-state index < -0.39 is 23.6 Å². The summed E-state index contributed by atoms with van der Waals surface area (Å²) in [4.78, 5) is 51.7. The van der Waals surface area contributed by atoms with Gasteiger partial charge in [0.2, 0.25) is 5.91 Å². The van der Waals surface area contributed by atoms with E-state index in [2.05, 4.69) is 10.6 Å². The number of anilines is 2. The molecule has 4 amide bonds. The average Bonchev–Trinajstić information content (AvgIpc) is 3.09. The third-order valence-electron chi connectivity index (χ3n) is 5.36. The molecule has 0 fully saturated rings. The summed E-state index contributed by atoms with van der Waals surface area (Å²) in [6.45, 7) is 3.94. The van der Waals surface area contributed by atoms with Gasteiger partial charge in [0.15, 0.2) is 0 Å². The average molecular weight is 492 g/mol. The lowest BCUT2D eigenvalue weighted by Gasteiger charge is -2.14. The second kappa shape index (κ2) is 9.99. The molecule has 0 aliphatic carbocycles. The molecule has 1 heterocycles. The Balaban J connectivity index is 1.43. The summed E-state index contributed by atoms with van der Waals surface area (Å²) in [6.07, 6.45) is 0. The Morgan fingerprint density at radius 2 is 1.66 bits per heavy atom. The normalized spacial score (nSPS) is 12.4. The monoisotopic (exact) mass is 491 g/mol. The van der Waals surface area contributed by atoms with Gasteiger partial charge in [0.1, 0.15) is 5.75 Å². The Morgan fingerprint density at radius 3 is 2.34 bits per heavy atom. The lowest BCUT2D eigenvalue weighted by atomic mass is 10.1. The van der Waals surface area contributed by atoms with Crippen molar-refractivity contribution < 1.29 is 23.9 Å². The highest BCUT2D eigenvalue weighted by Gasteiger charge is 2.37. The molecule has 4 rings (SSSR count). The van der Waals surface area contributed by atoms with E-state index in [1.807, 2.05) is 13.8 Å². The lowest BCUT2D eigenvalue weighted by Crippen LogP contribution is -2.33. The molecule has 0 spiro atoms. The van der Waals surface area contributed by atoms with Crippen molar-refractivity contribution >= 4 is 46.6 Å². The molecule has 0 aromatic heterocycles. The number of benzene rings is 3. The van der Waals surface area contributed by atoms with Crippen LogP contribution in [0.3, 0.4) is 0 Å². The van der Waals surface area contributed by atoms with Crippen molar-refractivity contribution in [1.29, 1.82) is 0 Å². The van der Waals surface area contributed by atoms with Crippen molar-refractivity contribution in [1.82, 2.24) is 5.32 Å². The first-order valence-corrected chi connectivity index (χ1v) is 11.3. The predicted molar refractivity (Wildman–Crippen MR) is 132 cm³/mol. The van der Waals surface area contributed by atoms with Gasteiger partial charge in [-0.15, -0.1) is 0 Å². The zero-order valence-electron chi connectivity index (χ0n) is 19.1. The van der Waals surface area contributed by atoms with Crippen molar-refractivity contribution in [3.63, 3.8) is 0 Å². The van der Waals surface area contributed by atoms with Crippen LogP contribution in [0.15, 0.2) is 60.7 Å². The molecular formula is C26H22ClN3O5. The van der Waals surface area contributed by atoms with E-state index in [9.17, 15) is 19.2 Å². The first kappa shape index (κ1) is 24.0. The van der Waals surface area contributed by atoms with Crippen molar-refractivity contribution in [3.8, 4) is 5.75 Å². The Morgan fingerprint density at radius 1 is 0.943 bits per heavy atom. The van der Waals surface area contributed by atoms with E-state index in [1.54, 1.807) is 42.5 Å². The molecule has 9 heteroatoms. The SMILES string of the molecule is CCOc1ccc(N2C(=O)c3ccc(C(=O)NCC(=O)Nc4ccc(C)cc4Cl)cc3C2=O)cc1. The number of carbonyl (C=O) groups is 4. The molecule has 1 aliphatic heterocycles. The third kappa shape index (κ3) is 5.02. The number of rotatable bonds is 7. The number of imide groups is 1. The van der Waals surface area contributed by atoms with Gasteiger partial charge >= 0.3 is 0 Å². The van der Waals surface area contributed by atoms with Gasteiger partial charge in [0.05, 0.1) is 40.7 Å². The fourth-order valence-electron chi connectivity index (χ4n) is 3.65. The zero-order valence-corrected chi connectivity index (χ0v) is 19.8. The Kier molecular flexibility index (Phi) is 6.84. The smallest absolute Gasteiger partial charge is 0.266 e. The molecule has 1 aliphatic rings. The zero-order chi connectivity index (χ0) is 25.1. The van der Waals surface area contributed by atoms with E-state index in [-0.39, 0.29) is 23.2 Å². The maximum absolute atomic E-state index is 13.0. The molecule has 0 bridgehead atoms. The van der Waals surface area contributed by atoms with E-state index in [0.717, 1.165) is 10.5 Å². The molecule has 0 unspecified atom stereocenters. The molecule has 0 atom stereocenters. The second-order valence-corrected chi connectivity index (χ2v) is 8.25. The van der Waals surface area contributed by atoms with Crippen LogP contribution in [-0.2, 0) is 4.79 Å². The van der Waals surface area contributed by atoms with E-state index in [1.165, 1.54) is 18.2 Å². The molecule has 35 heavy (non-hydrogen) atoms. The molecule has 0 saturated heterocycles. The summed E-state index contributed by atoms with van der Waals surface area (Å²) in [6, 6.07) is 16.0. The fourth-order valence-corrected chi connectivity index (χ4v) is 3.94. The summed E-state index contributed by atoms with van der Waals surface area (Å²) in [5.74, 6) is -1.40. The Bertz CT molecular complexity index is 1340. The Hall–Kier alpha value is -4.17. The van der Waals surface area contributed by atoms with Gasteiger partial charge in [-0.2, -0.15) is 0 Å². The summed E-state index contributed by atoms with van der Waals surface area (Å²) in [5, 5.41) is 5.54. The highest BCUT2D eigenvalue weighted by molar-refractivity contribution is 6.35. The number of halogens is 1. The van der Waals surface area contributed by atoms with Gasteiger partial charge in [-0.1, -0.05) is 17.7 Å².